The van der Waals surface area contributed by atoms with E-state index in [9.17, 15) is 0 Å². The molecule has 2 aliphatic heterocycles. The molecular weight excluding hydrogens is 465 g/mol. The molecule has 0 aromatic heterocycles. The van der Waals surface area contributed by atoms with Crippen molar-refractivity contribution in [3.63, 3.8) is 0 Å². The number of rotatable bonds is 3. The Bertz CT molecular complexity index is 762. The molecule has 1 saturated heterocycles. The summed E-state index contributed by atoms with van der Waals surface area (Å²) in [5, 5.41) is 3.75. The predicted molar refractivity (Wildman–Crippen MR) is 124 cm³/mol. The molecule has 1 saturated carbocycles. The Kier molecular flexibility index (Phi) is 6.59. The normalized spacial score (nSPS) is 28.6. The minimum Gasteiger partial charge on any atom is -0.497 e. The van der Waals surface area contributed by atoms with Crippen LogP contribution in [-0.4, -0.2) is 56.9 Å². The zero-order chi connectivity index (χ0) is 19.0. The molecule has 154 valence electrons. The van der Waals surface area contributed by atoms with E-state index in [0.717, 1.165) is 44.2 Å². The molecule has 0 spiro atoms. The van der Waals surface area contributed by atoms with Crippen LogP contribution in [0.1, 0.15) is 32.3 Å². The molecule has 28 heavy (non-hydrogen) atoms. The molecule has 6 heteroatoms. The van der Waals surface area contributed by atoms with Gasteiger partial charge in [0.2, 0.25) is 0 Å². The largest absolute Gasteiger partial charge is 0.497 e. The second-order valence-electron chi connectivity index (χ2n) is 8.39. The van der Waals surface area contributed by atoms with Gasteiger partial charge in [0.05, 0.1) is 13.2 Å². The van der Waals surface area contributed by atoms with Crippen molar-refractivity contribution in [2.75, 3.05) is 33.9 Å². The highest BCUT2D eigenvalue weighted by molar-refractivity contribution is 14.0. The van der Waals surface area contributed by atoms with Crippen molar-refractivity contribution in [1.29, 1.82) is 0 Å². The number of nitrogens with zero attached hydrogens (tertiary/aromatic N) is 2. The Morgan fingerprint density at radius 1 is 1.36 bits per heavy atom. The molecule has 5 nitrogen and oxygen atoms in total. The smallest absolute Gasteiger partial charge is 0.194 e. The molecule has 0 amide bonds. The number of nitrogens with one attached hydrogen (secondary N) is 1. The monoisotopic (exact) mass is 497 g/mol. The third kappa shape index (κ3) is 3.77. The van der Waals surface area contributed by atoms with Crippen LogP contribution in [0.2, 0.25) is 0 Å². The Balaban J connectivity index is 0.00000225. The summed E-state index contributed by atoms with van der Waals surface area (Å²) in [7, 11) is 3.60. The van der Waals surface area contributed by atoms with Crippen LogP contribution < -0.4 is 10.1 Å². The van der Waals surface area contributed by atoms with Gasteiger partial charge in [-0.2, -0.15) is 0 Å². The van der Waals surface area contributed by atoms with Crippen molar-refractivity contribution >= 4 is 35.5 Å². The molecule has 2 fully saturated rings. The van der Waals surface area contributed by atoms with Gasteiger partial charge in [0.15, 0.2) is 5.96 Å². The van der Waals surface area contributed by atoms with Crippen molar-refractivity contribution < 1.29 is 9.47 Å². The summed E-state index contributed by atoms with van der Waals surface area (Å²) in [5.74, 6) is 2.54. The van der Waals surface area contributed by atoms with Gasteiger partial charge < -0.3 is 19.7 Å². The highest BCUT2D eigenvalue weighted by Gasteiger charge is 2.59. The lowest BCUT2D eigenvalue weighted by molar-refractivity contribution is -0.107. The number of methoxy groups -OCH3 is 1. The van der Waals surface area contributed by atoms with Crippen LogP contribution in [0.5, 0.6) is 5.75 Å². The van der Waals surface area contributed by atoms with Gasteiger partial charge >= 0.3 is 0 Å². The molecule has 4 rings (SSSR count). The van der Waals surface area contributed by atoms with Crippen molar-refractivity contribution in [3.8, 4) is 5.75 Å². The average Bonchev–Trinajstić information content (AvgIpc) is 3.16. The van der Waals surface area contributed by atoms with Gasteiger partial charge in [-0.1, -0.05) is 32.1 Å². The second-order valence-corrected chi connectivity index (χ2v) is 8.39. The van der Waals surface area contributed by atoms with Crippen molar-refractivity contribution in [2.45, 2.75) is 38.8 Å². The number of hydrogen-bond acceptors (Lipinski definition) is 3. The maximum absolute atomic E-state index is 5.93. The number of guanidine groups is 1. The van der Waals surface area contributed by atoms with Crippen LogP contribution in [0, 0.1) is 11.3 Å². The zero-order valence-corrected chi connectivity index (χ0v) is 19.6. The fourth-order valence-electron chi connectivity index (χ4n) is 5.00. The Morgan fingerprint density at radius 2 is 2.18 bits per heavy atom. The molecule has 0 radical (unpaired) electrons. The quantitative estimate of drug-likeness (QED) is 0.392. The summed E-state index contributed by atoms with van der Waals surface area (Å²) in [6.45, 7) is 7.36. The van der Waals surface area contributed by atoms with E-state index in [0.29, 0.717) is 18.1 Å². The van der Waals surface area contributed by atoms with Crippen molar-refractivity contribution in [1.82, 2.24) is 10.2 Å². The molecule has 0 bridgehead atoms. The number of fused-ring (bicyclic) bond motifs is 1. The van der Waals surface area contributed by atoms with E-state index in [1.807, 2.05) is 13.1 Å². The first kappa shape index (κ1) is 21.4. The number of hydrogen-bond donors (Lipinski definition) is 1. The van der Waals surface area contributed by atoms with Crippen LogP contribution in [0.25, 0.3) is 5.57 Å². The van der Waals surface area contributed by atoms with Gasteiger partial charge in [0, 0.05) is 44.1 Å². The van der Waals surface area contributed by atoms with Crippen LogP contribution in [0.15, 0.2) is 35.3 Å². The standard InChI is InChI=1S/C22H31N3O2.HI/c1-22(2)19(18-10-13-27-20(18)22)24-21(23-3)25-11-8-15(9-12-25)16-6-5-7-17(14-16)26-4;/h5-8,14,18-20H,9-13H2,1-4H3,(H,23,24);1H. The summed E-state index contributed by atoms with van der Waals surface area (Å²) < 4.78 is 11.3. The lowest BCUT2D eigenvalue weighted by atomic mass is 9.57. The fourth-order valence-corrected chi connectivity index (χ4v) is 5.00. The number of ether oxygens (including phenoxy) is 2. The molecule has 3 atom stereocenters. The molecule has 3 aliphatic rings. The SMILES string of the molecule is CN=C(NC1C2CCOC2C1(C)C)N1CC=C(c2cccc(OC)c2)CC1.I. The lowest BCUT2D eigenvalue weighted by Gasteiger charge is -2.55. The zero-order valence-electron chi connectivity index (χ0n) is 17.3. The van der Waals surface area contributed by atoms with E-state index < -0.39 is 0 Å². The highest BCUT2D eigenvalue weighted by Crippen LogP contribution is 2.52. The third-order valence-electron chi connectivity index (χ3n) is 6.55. The third-order valence-corrected chi connectivity index (χ3v) is 6.55. The van der Waals surface area contributed by atoms with Crippen LogP contribution >= 0.6 is 24.0 Å². The summed E-state index contributed by atoms with van der Waals surface area (Å²) in [5.41, 5.74) is 2.80. The molecule has 1 aromatic rings. The number of aliphatic imine (C=N–C) groups is 1. The fraction of sp³-hybridized carbons (Fsp3) is 0.591. The first-order valence-electron chi connectivity index (χ1n) is 9.98. The highest BCUT2D eigenvalue weighted by atomic mass is 127. The lowest BCUT2D eigenvalue weighted by Crippen LogP contribution is -2.68. The number of halogens is 1. The van der Waals surface area contributed by atoms with Crippen molar-refractivity contribution in [2.24, 2.45) is 16.3 Å². The molecule has 3 unspecified atom stereocenters. The summed E-state index contributed by atoms with van der Waals surface area (Å²) >= 11 is 0. The Morgan fingerprint density at radius 3 is 2.86 bits per heavy atom. The molecular formula is C22H32IN3O2. The molecule has 1 N–H and O–H groups in total. The van der Waals surface area contributed by atoms with E-state index in [1.54, 1.807) is 7.11 Å². The number of benzene rings is 1. The van der Waals surface area contributed by atoms with Gasteiger partial charge in [-0.05, 0) is 36.1 Å². The minimum absolute atomic E-state index is 0. The van der Waals surface area contributed by atoms with Crippen LogP contribution in [-0.2, 0) is 4.74 Å². The first-order valence-corrected chi connectivity index (χ1v) is 9.98. The van der Waals surface area contributed by atoms with Gasteiger partial charge in [-0.15, -0.1) is 24.0 Å². The topological polar surface area (TPSA) is 46.1 Å². The average molecular weight is 497 g/mol. The van der Waals surface area contributed by atoms with E-state index in [1.165, 1.54) is 11.1 Å². The maximum atomic E-state index is 5.93. The van der Waals surface area contributed by atoms with E-state index >= 15 is 0 Å². The summed E-state index contributed by atoms with van der Waals surface area (Å²) in [6.07, 6.45) is 4.88. The van der Waals surface area contributed by atoms with E-state index in [-0.39, 0.29) is 29.4 Å². The minimum atomic E-state index is 0. The predicted octanol–water partition coefficient (Wildman–Crippen LogP) is 3.79. The second kappa shape index (κ2) is 8.61. The Labute approximate surface area is 185 Å². The maximum Gasteiger partial charge on any atom is 0.194 e. The van der Waals surface area contributed by atoms with E-state index in [2.05, 4.69) is 53.3 Å². The summed E-state index contributed by atoms with van der Waals surface area (Å²) in [4.78, 5) is 6.93. The van der Waals surface area contributed by atoms with Crippen molar-refractivity contribution in [3.05, 3.63) is 35.9 Å². The van der Waals surface area contributed by atoms with Gasteiger partial charge in [0.1, 0.15) is 5.75 Å². The van der Waals surface area contributed by atoms with Crippen LogP contribution in [0.3, 0.4) is 0 Å². The first-order chi connectivity index (χ1) is 13.0. The molecule has 2 heterocycles. The van der Waals surface area contributed by atoms with Gasteiger partial charge in [0.25, 0.3) is 0 Å². The Hall–Kier alpha value is -1.28. The van der Waals surface area contributed by atoms with Crippen LogP contribution in [0.4, 0.5) is 0 Å². The van der Waals surface area contributed by atoms with Gasteiger partial charge in [-0.25, -0.2) is 0 Å². The molecule has 1 aromatic carbocycles. The van der Waals surface area contributed by atoms with E-state index in [4.69, 9.17) is 9.47 Å². The molecule has 1 aliphatic carbocycles. The summed E-state index contributed by atoms with van der Waals surface area (Å²) in [6, 6.07) is 8.76. The van der Waals surface area contributed by atoms with Gasteiger partial charge in [-0.3, -0.25) is 4.99 Å².